The number of rotatable bonds is 6. The van der Waals surface area contributed by atoms with Gasteiger partial charge >= 0.3 is 0 Å². The number of nitrogens with one attached hydrogen (secondary N) is 1. The van der Waals surface area contributed by atoms with Gasteiger partial charge in [-0.1, -0.05) is 40.2 Å². The zero-order valence-corrected chi connectivity index (χ0v) is 13.3. The van der Waals surface area contributed by atoms with Gasteiger partial charge in [-0.2, -0.15) is 5.10 Å². The van der Waals surface area contributed by atoms with Crippen molar-refractivity contribution < 1.29 is 14.6 Å². The van der Waals surface area contributed by atoms with Crippen molar-refractivity contribution >= 4 is 28.1 Å². The van der Waals surface area contributed by atoms with E-state index in [1.165, 1.54) is 6.21 Å². The molecule has 0 aliphatic carbocycles. The number of hydrazone groups is 1. The van der Waals surface area contributed by atoms with Crippen molar-refractivity contribution in [1.29, 1.82) is 0 Å². The highest BCUT2D eigenvalue weighted by molar-refractivity contribution is 9.10. The van der Waals surface area contributed by atoms with E-state index >= 15 is 0 Å². The monoisotopic (exact) mass is 362 g/mol. The van der Waals surface area contributed by atoms with Gasteiger partial charge in [0.05, 0.1) is 6.21 Å². The molecule has 0 aliphatic heterocycles. The van der Waals surface area contributed by atoms with Gasteiger partial charge in [0.2, 0.25) is 0 Å². The lowest BCUT2D eigenvalue weighted by Gasteiger charge is -2.09. The first-order chi connectivity index (χ1) is 10.7. The van der Waals surface area contributed by atoms with Crippen molar-refractivity contribution in [3.05, 3.63) is 64.1 Å². The van der Waals surface area contributed by atoms with Gasteiger partial charge in [0.25, 0.3) is 5.91 Å². The summed E-state index contributed by atoms with van der Waals surface area (Å²) < 4.78 is 6.80. The van der Waals surface area contributed by atoms with Gasteiger partial charge in [-0.25, -0.2) is 5.43 Å². The number of carbonyl (C=O) groups is 1. The second-order valence-corrected chi connectivity index (χ2v) is 5.32. The van der Waals surface area contributed by atoms with E-state index in [-0.39, 0.29) is 0 Å². The fourth-order valence-electron chi connectivity index (χ4n) is 1.67. The number of benzene rings is 2. The fourth-order valence-corrected chi connectivity index (χ4v) is 1.93. The van der Waals surface area contributed by atoms with Crippen LogP contribution in [-0.4, -0.2) is 23.8 Å². The first-order valence-corrected chi connectivity index (χ1v) is 7.37. The largest absolute Gasteiger partial charge is 0.488 e. The molecule has 0 aromatic heterocycles. The van der Waals surface area contributed by atoms with Crippen LogP contribution in [0, 0.1) is 0 Å². The van der Waals surface area contributed by atoms with E-state index in [4.69, 9.17) is 9.84 Å². The summed E-state index contributed by atoms with van der Waals surface area (Å²) in [6, 6.07) is 15.2. The lowest BCUT2D eigenvalue weighted by molar-refractivity contribution is -0.123. The van der Waals surface area contributed by atoms with Gasteiger partial charge in [0, 0.05) is 10.0 Å². The zero-order valence-electron chi connectivity index (χ0n) is 11.7. The Bertz CT molecular complexity index is 657. The smallest absolute Gasteiger partial charge is 0.265 e. The molecule has 114 valence electrons. The molecule has 0 aliphatic rings. The predicted octanol–water partition coefficient (Wildman–Crippen LogP) is 2.47. The van der Waals surface area contributed by atoms with Gasteiger partial charge in [-0.05, 0) is 29.8 Å². The summed E-state index contributed by atoms with van der Waals surface area (Å²) in [5.74, 6) is 0.0944. The number of hydrogen-bond donors (Lipinski definition) is 2. The standard InChI is InChI=1S/C16H15BrN2O3/c17-14-7-5-12(6-8-14)11-22-15-4-2-1-3-13(15)9-18-19-16(21)10-20/h1-9,20H,10-11H2,(H,19,21). The Kier molecular flexibility index (Phi) is 6.12. The lowest BCUT2D eigenvalue weighted by Crippen LogP contribution is -2.20. The minimum absolute atomic E-state index is 0.432. The van der Waals surface area contributed by atoms with Crippen LogP contribution in [0.1, 0.15) is 11.1 Å². The zero-order chi connectivity index (χ0) is 15.8. The molecular formula is C16H15BrN2O3. The van der Waals surface area contributed by atoms with Crippen LogP contribution < -0.4 is 10.2 Å². The summed E-state index contributed by atoms with van der Waals surface area (Å²) in [5, 5.41) is 12.4. The summed E-state index contributed by atoms with van der Waals surface area (Å²) in [5.41, 5.74) is 3.99. The second-order valence-electron chi connectivity index (χ2n) is 4.40. The molecule has 0 saturated carbocycles. The molecule has 6 heteroatoms. The number of aliphatic hydroxyl groups excluding tert-OH is 1. The molecule has 2 aromatic carbocycles. The molecule has 5 nitrogen and oxygen atoms in total. The highest BCUT2D eigenvalue weighted by Gasteiger charge is 2.02. The minimum atomic E-state index is -0.598. The van der Waals surface area contributed by atoms with Crippen LogP contribution in [-0.2, 0) is 11.4 Å². The van der Waals surface area contributed by atoms with Gasteiger partial charge in [-0.3, -0.25) is 4.79 Å². The third-order valence-electron chi connectivity index (χ3n) is 2.76. The number of ether oxygens (including phenoxy) is 1. The van der Waals surface area contributed by atoms with Gasteiger partial charge < -0.3 is 9.84 Å². The van der Waals surface area contributed by atoms with Crippen LogP contribution in [0.3, 0.4) is 0 Å². The molecule has 0 spiro atoms. The molecule has 0 heterocycles. The molecule has 0 unspecified atom stereocenters. The first-order valence-electron chi connectivity index (χ1n) is 6.58. The Morgan fingerprint density at radius 3 is 2.68 bits per heavy atom. The summed E-state index contributed by atoms with van der Waals surface area (Å²) >= 11 is 3.39. The average Bonchev–Trinajstić information content (AvgIpc) is 2.55. The van der Waals surface area contributed by atoms with E-state index in [1.54, 1.807) is 0 Å². The van der Waals surface area contributed by atoms with Crippen molar-refractivity contribution in [2.75, 3.05) is 6.61 Å². The Morgan fingerprint density at radius 1 is 1.23 bits per heavy atom. The highest BCUT2D eigenvalue weighted by atomic mass is 79.9. The maximum absolute atomic E-state index is 10.9. The summed E-state index contributed by atoms with van der Waals surface area (Å²) in [4.78, 5) is 10.9. The number of aliphatic hydroxyl groups is 1. The molecule has 1 amide bonds. The maximum atomic E-state index is 10.9. The fraction of sp³-hybridized carbons (Fsp3) is 0.125. The summed E-state index contributed by atoms with van der Waals surface area (Å²) in [6.07, 6.45) is 1.48. The first kappa shape index (κ1) is 16.2. The van der Waals surface area contributed by atoms with Crippen LogP contribution in [0.15, 0.2) is 58.1 Å². The van der Waals surface area contributed by atoms with Crippen molar-refractivity contribution in [3.8, 4) is 5.75 Å². The molecule has 2 aromatic rings. The summed E-state index contributed by atoms with van der Waals surface area (Å²) in [6.45, 7) is -0.166. The van der Waals surface area contributed by atoms with Crippen LogP contribution in [0.2, 0.25) is 0 Å². The Morgan fingerprint density at radius 2 is 1.95 bits per heavy atom. The number of carbonyl (C=O) groups excluding carboxylic acids is 1. The summed E-state index contributed by atoms with van der Waals surface area (Å²) in [7, 11) is 0. The van der Waals surface area contributed by atoms with Crippen LogP contribution >= 0.6 is 15.9 Å². The molecule has 22 heavy (non-hydrogen) atoms. The number of halogens is 1. The van der Waals surface area contributed by atoms with Crippen molar-refractivity contribution in [1.82, 2.24) is 5.43 Å². The molecule has 0 saturated heterocycles. The van der Waals surface area contributed by atoms with Gasteiger partial charge in [-0.15, -0.1) is 0 Å². The second kappa shape index (κ2) is 8.31. The third-order valence-corrected chi connectivity index (χ3v) is 3.29. The van der Waals surface area contributed by atoms with E-state index in [0.29, 0.717) is 12.4 Å². The molecule has 0 fully saturated rings. The normalized spacial score (nSPS) is 10.6. The molecule has 0 atom stereocenters. The van der Waals surface area contributed by atoms with E-state index in [1.807, 2.05) is 48.5 Å². The Hall–Kier alpha value is -2.18. The molecule has 2 N–H and O–H groups in total. The number of para-hydroxylation sites is 1. The topological polar surface area (TPSA) is 70.9 Å². The molecule has 0 bridgehead atoms. The van der Waals surface area contributed by atoms with Crippen LogP contribution in [0.4, 0.5) is 0 Å². The van der Waals surface area contributed by atoms with Gasteiger partial charge in [0.15, 0.2) is 0 Å². The van der Waals surface area contributed by atoms with E-state index in [9.17, 15) is 4.79 Å². The number of nitrogens with zero attached hydrogens (tertiary/aromatic N) is 1. The molecule has 2 rings (SSSR count). The van der Waals surface area contributed by atoms with E-state index in [0.717, 1.165) is 15.6 Å². The average molecular weight is 363 g/mol. The highest BCUT2D eigenvalue weighted by Crippen LogP contribution is 2.18. The molecule has 0 radical (unpaired) electrons. The SMILES string of the molecule is O=C(CO)NN=Cc1ccccc1OCc1ccc(Br)cc1. The van der Waals surface area contributed by atoms with E-state index < -0.39 is 12.5 Å². The Balaban J connectivity index is 2.01. The minimum Gasteiger partial charge on any atom is -0.488 e. The molecular weight excluding hydrogens is 348 g/mol. The van der Waals surface area contributed by atoms with Crippen LogP contribution in [0.5, 0.6) is 5.75 Å². The quantitative estimate of drug-likeness (QED) is 0.612. The third kappa shape index (κ3) is 4.98. The predicted molar refractivity (Wildman–Crippen MR) is 87.7 cm³/mol. The van der Waals surface area contributed by atoms with Crippen molar-refractivity contribution in [3.63, 3.8) is 0 Å². The van der Waals surface area contributed by atoms with Crippen LogP contribution in [0.25, 0.3) is 0 Å². The van der Waals surface area contributed by atoms with Crippen molar-refractivity contribution in [2.24, 2.45) is 5.10 Å². The lowest BCUT2D eigenvalue weighted by atomic mass is 10.2. The number of amides is 1. The van der Waals surface area contributed by atoms with Gasteiger partial charge in [0.1, 0.15) is 19.0 Å². The van der Waals surface area contributed by atoms with Crippen molar-refractivity contribution in [2.45, 2.75) is 6.61 Å². The maximum Gasteiger partial charge on any atom is 0.265 e. The Labute approximate surface area is 136 Å². The van der Waals surface area contributed by atoms with E-state index in [2.05, 4.69) is 26.5 Å². The number of hydrogen-bond acceptors (Lipinski definition) is 4.